The Hall–Kier alpha value is -4.92. The van der Waals surface area contributed by atoms with Crippen LogP contribution in [0.2, 0.25) is 0 Å². The van der Waals surface area contributed by atoms with Crippen LogP contribution < -0.4 is 16.1 Å². The molecule has 1 atom stereocenters. The molecule has 0 spiro atoms. The van der Waals surface area contributed by atoms with Crippen LogP contribution in [-0.2, 0) is 22.4 Å². The molecule has 4 rings (SSSR count). The smallest absolute Gasteiger partial charge is 0.419 e. The minimum absolute atomic E-state index is 0.142. The molecular formula is C32H35N5O4. The predicted molar refractivity (Wildman–Crippen MR) is 160 cm³/mol. The van der Waals surface area contributed by atoms with Crippen LogP contribution in [0.3, 0.4) is 0 Å². The van der Waals surface area contributed by atoms with Crippen molar-refractivity contribution < 1.29 is 19.1 Å². The van der Waals surface area contributed by atoms with E-state index in [1.165, 1.54) is 10.8 Å². The van der Waals surface area contributed by atoms with E-state index in [9.17, 15) is 14.4 Å². The number of aromatic nitrogens is 1. The van der Waals surface area contributed by atoms with Crippen molar-refractivity contribution in [1.29, 1.82) is 0 Å². The standard InChI is InChI=1S/C32H35N5O4/c1-32(2,3)41-31(40)37-22-25(26-16-10-11-17-28(26)37)20-27(29(38)33-19-18-23-12-6-4-7-13-23)35-30(39)36-34-21-24-14-8-5-9-15-24/h4-17,21-22,27H,18-20H2,1-3H3,(H,33,38)(H2,35,36,39)/b34-21+/t27-/m1/s1. The highest BCUT2D eigenvalue weighted by Crippen LogP contribution is 2.24. The van der Waals surface area contributed by atoms with E-state index < -0.39 is 23.8 Å². The molecule has 9 nitrogen and oxygen atoms in total. The third kappa shape index (κ3) is 8.53. The molecule has 0 aliphatic carbocycles. The summed E-state index contributed by atoms with van der Waals surface area (Å²) in [4.78, 5) is 39.1. The average molecular weight is 554 g/mol. The van der Waals surface area contributed by atoms with Crippen LogP contribution in [0, 0.1) is 0 Å². The summed E-state index contributed by atoms with van der Waals surface area (Å²) in [5.41, 5.74) is 5.02. The first kappa shape index (κ1) is 29.1. The van der Waals surface area contributed by atoms with Crippen molar-refractivity contribution in [1.82, 2.24) is 20.6 Å². The van der Waals surface area contributed by atoms with Gasteiger partial charge in [-0.05, 0) is 49.9 Å². The Morgan fingerprint density at radius 2 is 1.59 bits per heavy atom. The molecule has 0 fully saturated rings. The van der Waals surface area contributed by atoms with Crippen molar-refractivity contribution in [3.05, 3.63) is 108 Å². The molecule has 3 aromatic carbocycles. The van der Waals surface area contributed by atoms with Crippen molar-refractivity contribution in [2.75, 3.05) is 6.54 Å². The number of hydrazone groups is 1. The molecule has 1 aromatic heterocycles. The Kier molecular flexibility index (Phi) is 9.52. The molecule has 0 aliphatic rings. The number of carbonyl (C=O) groups excluding carboxylic acids is 3. The number of para-hydroxylation sites is 1. The molecule has 3 N–H and O–H groups in total. The fraction of sp³-hybridized carbons (Fsp3) is 0.250. The molecule has 0 unspecified atom stereocenters. The predicted octanol–water partition coefficient (Wildman–Crippen LogP) is 5.03. The summed E-state index contributed by atoms with van der Waals surface area (Å²) in [7, 11) is 0. The lowest BCUT2D eigenvalue weighted by Crippen LogP contribution is -2.50. The highest BCUT2D eigenvalue weighted by Gasteiger charge is 2.25. The van der Waals surface area contributed by atoms with Crippen LogP contribution in [0.4, 0.5) is 9.59 Å². The van der Waals surface area contributed by atoms with E-state index in [0.29, 0.717) is 24.0 Å². The second kappa shape index (κ2) is 13.4. The molecule has 0 bridgehead atoms. The molecule has 41 heavy (non-hydrogen) atoms. The zero-order valence-electron chi connectivity index (χ0n) is 23.5. The summed E-state index contributed by atoms with van der Waals surface area (Å²) in [6.07, 6.45) is 3.44. The summed E-state index contributed by atoms with van der Waals surface area (Å²) in [5.74, 6) is -0.350. The highest BCUT2D eigenvalue weighted by atomic mass is 16.6. The van der Waals surface area contributed by atoms with Crippen LogP contribution in [0.15, 0.2) is 96.2 Å². The number of carbonyl (C=O) groups is 3. The lowest BCUT2D eigenvalue weighted by atomic mass is 10.0. The number of nitrogens with zero attached hydrogens (tertiary/aromatic N) is 2. The summed E-state index contributed by atoms with van der Waals surface area (Å²) in [6.45, 7) is 5.80. The largest absolute Gasteiger partial charge is 0.443 e. The van der Waals surface area contributed by atoms with Crippen LogP contribution in [0.25, 0.3) is 10.9 Å². The van der Waals surface area contributed by atoms with Crippen LogP contribution in [-0.4, -0.2) is 47.0 Å². The van der Waals surface area contributed by atoms with E-state index in [0.717, 1.165) is 16.5 Å². The van der Waals surface area contributed by atoms with E-state index in [4.69, 9.17) is 4.74 Å². The second-order valence-corrected chi connectivity index (χ2v) is 10.6. The maximum absolute atomic E-state index is 13.3. The van der Waals surface area contributed by atoms with Gasteiger partial charge in [-0.2, -0.15) is 5.10 Å². The molecule has 1 heterocycles. The average Bonchev–Trinajstić information content (AvgIpc) is 3.31. The van der Waals surface area contributed by atoms with Gasteiger partial charge in [-0.15, -0.1) is 0 Å². The second-order valence-electron chi connectivity index (χ2n) is 10.6. The fourth-order valence-corrected chi connectivity index (χ4v) is 4.30. The number of hydrogen-bond acceptors (Lipinski definition) is 5. The molecule has 3 amide bonds. The maximum atomic E-state index is 13.3. The van der Waals surface area contributed by atoms with Crippen LogP contribution >= 0.6 is 0 Å². The van der Waals surface area contributed by atoms with Crippen molar-refractivity contribution in [2.24, 2.45) is 5.10 Å². The Bertz CT molecular complexity index is 1510. The normalized spacial score (nSPS) is 12.2. The number of fused-ring (bicyclic) bond motifs is 1. The third-order valence-corrected chi connectivity index (χ3v) is 6.17. The van der Waals surface area contributed by atoms with Gasteiger partial charge in [0, 0.05) is 24.5 Å². The number of urea groups is 1. The van der Waals surface area contributed by atoms with E-state index in [-0.39, 0.29) is 12.3 Å². The minimum atomic E-state index is -0.935. The van der Waals surface area contributed by atoms with Gasteiger partial charge >= 0.3 is 12.1 Å². The SMILES string of the molecule is CC(C)(C)OC(=O)n1cc(C[C@@H](NC(=O)N/N=C/c2ccccc2)C(=O)NCCc2ccccc2)c2ccccc21. The molecular weight excluding hydrogens is 518 g/mol. The van der Waals surface area contributed by atoms with Gasteiger partial charge < -0.3 is 15.4 Å². The van der Waals surface area contributed by atoms with E-state index in [1.54, 1.807) is 27.0 Å². The van der Waals surface area contributed by atoms with E-state index >= 15 is 0 Å². The maximum Gasteiger partial charge on any atom is 0.419 e. The highest BCUT2D eigenvalue weighted by molar-refractivity contribution is 5.93. The molecule has 4 aromatic rings. The van der Waals surface area contributed by atoms with Crippen molar-refractivity contribution in [3.8, 4) is 0 Å². The lowest BCUT2D eigenvalue weighted by Gasteiger charge is -2.19. The van der Waals surface area contributed by atoms with Crippen LogP contribution in [0.5, 0.6) is 0 Å². The number of rotatable bonds is 9. The quantitative estimate of drug-likeness (QED) is 0.199. The van der Waals surface area contributed by atoms with Gasteiger partial charge in [0.15, 0.2) is 0 Å². The molecule has 0 saturated carbocycles. The first-order valence-corrected chi connectivity index (χ1v) is 13.5. The first-order valence-electron chi connectivity index (χ1n) is 13.5. The minimum Gasteiger partial charge on any atom is -0.443 e. The van der Waals surface area contributed by atoms with Crippen molar-refractivity contribution in [3.63, 3.8) is 0 Å². The molecule has 0 aliphatic heterocycles. The topological polar surface area (TPSA) is 114 Å². The fourth-order valence-electron chi connectivity index (χ4n) is 4.30. The Morgan fingerprint density at radius 3 is 2.29 bits per heavy atom. The van der Waals surface area contributed by atoms with E-state index in [2.05, 4.69) is 21.2 Å². The van der Waals surface area contributed by atoms with Gasteiger partial charge in [0.25, 0.3) is 0 Å². The zero-order chi connectivity index (χ0) is 29.2. The van der Waals surface area contributed by atoms with Crippen LogP contribution in [0.1, 0.15) is 37.5 Å². The zero-order valence-corrected chi connectivity index (χ0v) is 23.5. The number of hydrogen-bond donors (Lipinski definition) is 3. The molecule has 0 radical (unpaired) electrons. The number of nitrogens with one attached hydrogen (secondary N) is 3. The lowest BCUT2D eigenvalue weighted by molar-refractivity contribution is -0.122. The van der Waals surface area contributed by atoms with Gasteiger partial charge in [0.2, 0.25) is 5.91 Å². The summed E-state index contributed by atoms with van der Waals surface area (Å²) in [5, 5.41) is 10.4. The summed E-state index contributed by atoms with van der Waals surface area (Å²) < 4.78 is 7.02. The molecule has 0 saturated heterocycles. The summed E-state index contributed by atoms with van der Waals surface area (Å²) in [6, 6.07) is 25.0. The van der Waals surface area contributed by atoms with Gasteiger partial charge in [-0.25, -0.2) is 15.0 Å². The van der Waals surface area contributed by atoms with Crippen molar-refractivity contribution in [2.45, 2.75) is 45.3 Å². The van der Waals surface area contributed by atoms with Gasteiger partial charge in [-0.3, -0.25) is 9.36 Å². The molecule has 9 heteroatoms. The third-order valence-electron chi connectivity index (χ3n) is 6.17. The van der Waals surface area contributed by atoms with Gasteiger partial charge in [0.1, 0.15) is 11.6 Å². The van der Waals surface area contributed by atoms with E-state index in [1.807, 2.05) is 84.9 Å². The monoisotopic (exact) mass is 553 g/mol. The van der Waals surface area contributed by atoms with Gasteiger partial charge in [0.05, 0.1) is 11.7 Å². The Balaban J connectivity index is 1.53. The number of benzene rings is 3. The molecule has 212 valence electrons. The van der Waals surface area contributed by atoms with Gasteiger partial charge in [-0.1, -0.05) is 78.9 Å². The number of ether oxygens (including phenoxy) is 1. The first-order chi connectivity index (χ1) is 19.7. The van der Waals surface area contributed by atoms with Crippen molar-refractivity contribution >= 4 is 35.1 Å². The number of amides is 3. The Labute approximate surface area is 239 Å². The summed E-state index contributed by atoms with van der Waals surface area (Å²) >= 11 is 0. The Morgan fingerprint density at radius 1 is 0.927 bits per heavy atom.